The maximum atomic E-state index is 13.3. The predicted molar refractivity (Wildman–Crippen MR) is 57.4 cm³/mol. The van der Waals surface area contributed by atoms with Gasteiger partial charge >= 0.3 is 0 Å². The first-order valence-electron chi connectivity index (χ1n) is 5.35. The largest absolute Gasteiger partial charge is 0.324 e. The lowest BCUT2D eigenvalue weighted by molar-refractivity contribution is 0.528. The summed E-state index contributed by atoms with van der Waals surface area (Å²) in [4.78, 5) is 0. The average Bonchev–Trinajstić information content (AvgIpc) is 2.22. The number of benzene rings is 1. The van der Waals surface area contributed by atoms with Gasteiger partial charge in [0.15, 0.2) is 0 Å². The highest BCUT2D eigenvalue weighted by atomic mass is 19.1. The zero-order valence-corrected chi connectivity index (χ0v) is 8.97. The van der Waals surface area contributed by atoms with Crippen molar-refractivity contribution in [3.05, 3.63) is 35.4 Å². The molecule has 1 atom stereocenters. The quantitative estimate of drug-likeness (QED) is 0.744. The number of halogens is 2. The first kappa shape index (κ1) is 12.1. The van der Waals surface area contributed by atoms with Crippen LogP contribution in [0, 0.1) is 11.6 Å². The van der Waals surface area contributed by atoms with Crippen molar-refractivity contribution >= 4 is 0 Å². The molecule has 0 aliphatic rings. The van der Waals surface area contributed by atoms with Gasteiger partial charge in [-0.3, -0.25) is 0 Å². The molecular formula is C12H17F2N. The van der Waals surface area contributed by atoms with Crippen LogP contribution in [0.25, 0.3) is 0 Å². The SMILES string of the molecule is CCCCC[C@@H](N)c1cc(F)ccc1F. The van der Waals surface area contributed by atoms with Crippen LogP contribution in [-0.2, 0) is 0 Å². The summed E-state index contributed by atoms with van der Waals surface area (Å²) in [5, 5.41) is 0. The normalized spacial score (nSPS) is 12.8. The molecule has 1 aromatic carbocycles. The van der Waals surface area contributed by atoms with Crippen LogP contribution in [0.15, 0.2) is 18.2 Å². The smallest absolute Gasteiger partial charge is 0.128 e. The highest BCUT2D eigenvalue weighted by Gasteiger charge is 2.11. The summed E-state index contributed by atoms with van der Waals surface area (Å²) in [5.74, 6) is -0.849. The molecule has 0 bridgehead atoms. The lowest BCUT2D eigenvalue weighted by atomic mass is 10.0. The molecule has 1 nitrogen and oxygen atoms in total. The summed E-state index contributed by atoms with van der Waals surface area (Å²) in [6.07, 6.45) is 3.82. The van der Waals surface area contributed by atoms with Crippen molar-refractivity contribution < 1.29 is 8.78 Å². The molecular weight excluding hydrogens is 196 g/mol. The first-order valence-corrected chi connectivity index (χ1v) is 5.35. The molecule has 1 rings (SSSR count). The second-order valence-corrected chi connectivity index (χ2v) is 3.77. The topological polar surface area (TPSA) is 26.0 Å². The zero-order valence-electron chi connectivity index (χ0n) is 8.97. The van der Waals surface area contributed by atoms with Gasteiger partial charge in [0.05, 0.1) is 0 Å². The van der Waals surface area contributed by atoms with E-state index in [9.17, 15) is 8.78 Å². The summed E-state index contributed by atoms with van der Waals surface area (Å²) in [5.41, 5.74) is 6.08. The van der Waals surface area contributed by atoms with E-state index in [4.69, 9.17) is 5.73 Å². The first-order chi connectivity index (χ1) is 7.15. The Kier molecular flexibility index (Phi) is 4.69. The number of hydrogen-bond donors (Lipinski definition) is 1. The second-order valence-electron chi connectivity index (χ2n) is 3.77. The van der Waals surface area contributed by atoms with Gasteiger partial charge in [-0.15, -0.1) is 0 Å². The van der Waals surface area contributed by atoms with Gasteiger partial charge in [-0.2, -0.15) is 0 Å². The van der Waals surface area contributed by atoms with Crippen LogP contribution in [0.5, 0.6) is 0 Å². The van der Waals surface area contributed by atoms with Crippen LogP contribution in [0.4, 0.5) is 8.78 Å². The lowest BCUT2D eigenvalue weighted by Gasteiger charge is -2.12. The van der Waals surface area contributed by atoms with Crippen LogP contribution in [0.2, 0.25) is 0 Å². The Bertz CT molecular complexity index is 312. The van der Waals surface area contributed by atoms with Crippen molar-refractivity contribution in [3.63, 3.8) is 0 Å². The predicted octanol–water partition coefficient (Wildman–Crippen LogP) is 3.54. The molecule has 0 aromatic heterocycles. The van der Waals surface area contributed by atoms with E-state index < -0.39 is 17.7 Å². The van der Waals surface area contributed by atoms with Gasteiger partial charge in [0, 0.05) is 11.6 Å². The molecule has 84 valence electrons. The Morgan fingerprint density at radius 1 is 1.27 bits per heavy atom. The van der Waals surface area contributed by atoms with Crippen molar-refractivity contribution in [2.45, 2.75) is 38.6 Å². The fourth-order valence-corrected chi connectivity index (χ4v) is 1.57. The van der Waals surface area contributed by atoms with E-state index in [1.807, 2.05) is 0 Å². The Morgan fingerprint density at radius 3 is 2.67 bits per heavy atom. The number of unbranched alkanes of at least 4 members (excludes halogenated alkanes) is 2. The van der Waals surface area contributed by atoms with Crippen molar-refractivity contribution in [1.82, 2.24) is 0 Å². The Morgan fingerprint density at radius 2 is 2.00 bits per heavy atom. The Labute approximate surface area is 89.3 Å². The van der Waals surface area contributed by atoms with Crippen LogP contribution in [0.3, 0.4) is 0 Å². The van der Waals surface area contributed by atoms with Crippen LogP contribution < -0.4 is 5.73 Å². The Balaban J connectivity index is 2.64. The van der Waals surface area contributed by atoms with Gasteiger partial charge in [-0.05, 0) is 24.6 Å². The highest BCUT2D eigenvalue weighted by molar-refractivity contribution is 5.21. The molecule has 0 aliphatic heterocycles. The molecule has 0 unspecified atom stereocenters. The average molecular weight is 213 g/mol. The molecule has 0 radical (unpaired) electrons. The molecule has 0 saturated heterocycles. The van der Waals surface area contributed by atoms with E-state index in [0.29, 0.717) is 6.42 Å². The third-order valence-electron chi connectivity index (χ3n) is 2.48. The minimum absolute atomic E-state index is 0.283. The number of hydrogen-bond acceptors (Lipinski definition) is 1. The van der Waals surface area contributed by atoms with Crippen molar-refractivity contribution in [3.8, 4) is 0 Å². The van der Waals surface area contributed by atoms with Crippen LogP contribution in [0.1, 0.15) is 44.2 Å². The molecule has 0 spiro atoms. The van der Waals surface area contributed by atoms with Gasteiger partial charge in [0.1, 0.15) is 11.6 Å². The minimum Gasteiger partial charge on any atom is -0.324 e. The minimum atomic E-state index is -0.433. The van der Waals surface area contributed by atoms with E-state index in [0.717, 1.165) is 31.4 Å². The fraction of sp³-hybridized carbons (Fsp3) is 0.500. The maximum Gasteiger partial charge on any atom is 0.128 e. The van der Waals surface area contributed by atoms with Crippen LogP contribution in [-0.4, -0.2) is 0 Å². The highest BCUT2D eigenvalue weighted by Crippen LogP contribution is 2.21. The van der Waals surface area contributed by atoms with Gasteiger partial charge in [-0.1, -0.05) is 26.2 Å². The van der Waals surface area contributed by atoms with E-state index >= 15 is 0 Å². The number of nitrogens with two attached hydrogens (primary N) is 1. The Hall–Kier alpha value is -0.960. The van der Waals surface area contributed by atoms with Gasteiger partial charge in [0.25, 0.3) is 0 Å². The number of rotatable bonds is 5. The van der Waals surface area contributed by atoms with E-state index in [-0.39, 0.29) is 5.56 Å². The van der Waals surface area contributed by atoms with Gasteiger partial charge in [-0.25, -0.2) is 8.78 Å². The standard InChI is InChI=1S/C12H17F2N/c1-2-3-4-5-12(15)10-8-9(13)6-7-11(10)14/h6-8,12H,2-5,15H2,1H3/t12-/m1/s1. The van der Waals surface area contributed by atoms with E-state index in [2.05, 4.69) is 6.92 Å². The summed E-state index contributed by atoms with van der Waals surface area (Å²) >= 11 is 0. The van der Waals surface area contributed by atoms with E-state index in [1.54, 1.807) is 0 Å². The molecule has 0 heterocycles. The summed E-state index contributed by atoms with van der Waals surface area (Å²) in [6, 6.07) is 3.03. The zero-order chi connectivity index (χ0) is 11.3. The second kappa shape index (κ2) is 5.81. The third-order valence-corrected chi connectivity index (χ3v) is 2.48. The van der Waals surface area contributed by atoms with Crippen molar-refractivity contribution in [2.75, 3.05) is 0 Å². The van der Waals surface area contributed by atoms with Crippen LogP contribution >= 0.6 is 0 Å². The summed E-state index contributed by atoms with van der Waals surface area (Å²) in [6.45, 7) is 2.09. The molecule has 0 fully saturated rings. The third kappa shape index (κ3) is 3.59. The van der Waals surface area contributed by atoms with Gasteiger partial charge in [0.2, 0.25) is 0 Å². The molecule has 1 aromatic rings. The van der Waals surface area contributed by atoms with Crippen molar-refractivity contribution in [1.29, 1.82) is 0 Å². The summed E-state index contributed by atoms with van der Waals surface area (Å²) < 4.78 is 26.2. The molecule has 15 heavy (non-hydrogen) atoms. The monoisotopic (exact) mass is 213 g/mol. The molecule has 0 amide bonds. The molecule has 0 aliphatic carbocycles. The molecule has 0 saturated carbocycles. The lowest BCUT2D eigenvalue weighted by Crippen LogP contribution is -2.12. The molecule has 2 N–H and O–H groups in total. The molecule has 3 heteroatoms. The fourth-order valence-electron chi connectivity index (χ4n) is 1.57. The van der Waals surface area contributed by atoms with Crippen molar-refractivity contribution in [2.24, 2.45) is 5.73 Å². The maximum absolute atomic E-state index is 13.3. The van der Waals surface area contributed by atoms with Gasteiger partial charge < -0.3 is 5.73 Å². The van der Waals surface area contributed by atoms with E-state index in [1.165, 1.54) is 6.07 Å². The summed E-state index contributed by atoms with van der Waals surface area (Å²) in [7, 11) is 0.